The predicted molar refractivity (Wildman–Crippen MR) is 79.4 cm³/mol. The number of carboxylic acid groups (broad SMARTS) is 1. The minimum atomic E-state index is -0.825. The number of aliphatic carboxylic acids is 1. The Morgan fingerprint density at radius 1 is 1.50 bits per heavy atom. The summed E-state index contributed by atoms with van der Waals surface area (Å²) >= 11 is 3.29. The number of rotatable bonds is 3. The minimum Gasteiger partial charge on any atom is -0.481 e. The molecule has 20 heavy (non-hydrogen) atoms. The topological polar surface area (TPSA) is 83.6 Å². The van der Waals surface area contributed by atoms with Crippen molar-refractivity contribution in [1.29, 1.82) is 0 Å². The van der Waals surface area contributed by atoms with Crippen LogP contribution in [0.3, 0.4) is 0 Å². The number of carbonyl (C=O) groups excluding carboxylic acids is 1. The lowest BCUT2D eigenvalue weighted by atomic mass is 9.84. The second-order valence-electron chi connectivity index (χ2n) is 5.15. The van der Waals surface area contributed by atoms with Gasteiger partial charge in [-0.25, -0.2) is 0 Å². The van der Waals surface area contributed by atoms with Crippen molar-refractivity contribution in [3.8, 4) is 0 Å². The summed E-state index contributed by atoms with van der Waals surface area (Å²) < 4.78 is 0.669. The second kappa shape index (κ2) is 5.44. The van der Waals surface area contributed by atoms with Crippen molar-refractivity contribution in [2.75, 3.05) is 18.8 Å². The van der Waals surface area contributed by atoms with E-state index in [1.54, 1.807) is 23.1 Å². The van der Waals surface area contributed by atoms with Gasteiger partial charge in [0.1, 0.15) is 0 Å². The van der Waals surface area contributed by atoms with Gasteiger partial charge in [-0.15, -0.1) is 0 Å². The smallest absolute Gasteiger partial charge is 0.311 e. The monoisotopic (exact) mass is 340 g/mol. The lowest BCUT2D eigenvalue weighted by molar-refractivity contribution is -0.148. The molecule has 1 aliphatic rings. The van der Waals surface area contributed by atoms with Crippen molar-refractivity contribution < 1.29 is 14.7 Å². The van der Waals surface area contributed by atoms with Crippen LogP contribution >= 0.6 is 15.9 Å². The quantitative estimate of drug-likeness (QED) is 0.827. The van der Waals surface area contributed by atoms with E-state index in [1.807, 2.05) is 6.92 Å². The van der Waals surface area contributed by atoms with E-state index in [0.29, 0.717) is 35.1 Å². The van der Waals surface area contributed by atoms with Gasteiger partial charge in [-0.2, -0.15) is 0 Å². The van der Waals surface area contributed by atoms with Gasteiger partial charge in [-0.1, -0.05) is 6.92 Å². The highest BCUT2D eigenvalue weighted by Gasteiger charge is 2.44. The maximum absolute atomic E-state index is 12.4. The second-order valence-corrected chi connectivity index (χ2v) is 6.01. The largest absolute Gasteiger partial charge is 0.481 e. The highest BCUT2D eigenvalue weighted by molar-refractivity contribution is 9.10. The first kappa shape index (κ1) is 14.8. The number of amides is 1. The van der Waals surface area contributed by atoms with Crippen molar-refractivity contribution in [2.24, 2.45) is 5.41 Å². The standard InChI is InChI=1S/C14H17BrN2O3/c1-2-14(13(19)20)5-6-17(8-14)12(18)9-3-4-11(16)10(15)7-9/h3-4,7H,2,5-6,8,16H2,1H3,(H,19,20). The summed E-state index contributed by atoms with van der Waals surface area (Å²) in [5.41, 5.74) is 5.98. The van der Waals surface area contributed by atoms with E-state index in [9.17, 15) is 14.7 Å². The number of likely N-dealkylation sites (tertiary alicyclic amines) is 1. The molecule has 1 atom stereocenters. The van der Waals surface area contributed by atoms with Gasteiger partial charge in [0.15, 0.2) is 0 Å². The van der Waals surface area contributed by atoms with Crippen LogP contribution in [0.1, 0.15) is 30.1 Å². The normalized spacial score (nSPS) is 22.0. The third-order valence-electron chi connectivity index (χ3n) is 4.02. The third kappa shape index (κ3) is 2.52. The highest BCUT2D eigenvalue weighted by atomic mass is 79.9. The van der Waals surface area contributed by atoms with Crippen LogP contribution in [0.15, 0.2) is 22.7 Å². The number of anilines is 1. The van der Waals surface area contributed by atoms with Crippen LogP contribution in [-0.2, 0) is 4.79 Å². The lowest BCUT2D eigenvalue weighted by Gasteiger charge is -2.23. The molecule has 3 N–H and O–H groups in total. The molecule has 2 rings (SSSR count). The predicted octanol–water partition coefficient (Wildman–Crippen LogP) is 2.36. The molecule has 1 amide bonds. The van der Waals surface area contributed by atoms with Gasteiger partial charge in [0.2, 0.25) is 0 Å². The molecule has 1 aromatic rings. The molecule has 0 saturated carbocycles. The first-order valence-corrected chi connectivity index (χ1v) is 7.26. The van der Waals surface area contributed by atoms with Crippen molar-refractivity contribution in [2.45, 2.75) is 19.8 Å². The van der Waals surface area contributed by atoms with Gasteiger partial charge in [0, 0.05) is 28.8 Å². The summed E-state index contributed by atoms with van der Waals surface area (Å²) in [6, 6.07) is 5.00. The number of nitrogen functional groups attached to an aromatic ring is 1. The average molecular weight is 341 g/mol. The first-order chi connectivity index (χ1) is 9.39. The lowest BCUT2D eigenvalue weighted by Crippen LogP contribution is -2.36. The molecule has 0 bridgehead atoms. The Morgan fingerprint density at radius 2 is 2.20 bits per heavy atom. The summed E-state index contributed by atoms with van der Waals surface area (Å²) in [4.78, 5) is 25.4. The number of halogens is 1. The molecule has 5 nitrogen and oxygen atoms in total. The van der Waals surface area contributed by atoms with Crippen molar-refractivity contribution in [1.82, 2.24) is 4.90 Å². The maximum Gasteiger partial charge on any atom is 0.311 e. The van der Waals surface area contributed by atoms with Crippen LogP contribution in [-0.4, -0.2) is 35.0 Å². The molecule has 1 heterocycles. The molecule has 1 aromatic carbocycles. The van der Waals surface area contributed by atoms with Crippen molar-refractivity contribution in [3.63, 3.8) is 0 Å². The van der Waals surface area contributed by atoms with Crippen LogP contribution in [0.2, 0.25) is 0 Å². The molecule has 1 fully saturated rings. The SMILES string of the molecule is CCC1(C(=O)O)CCN(C(=O)c2ccc(N)c(Br)c2)C1. The van der Waals surface area contributed by atoms with E-state index < -0.39 is 11.4 Å². The Morgan fingerprint density at radius 3 is 2.70 bits per heavy atom. The number of carboxylic acids is 1. The summed E-state index contributed by atoms with van der Waals surface area (Å²) in [5, 5.41) is 9.35. The van der Waals surface area contributed by atoms with Gasteiger partial charge in [0.25, 0.3) is 5.91 Å². The fourth-order valence-corrected chi connectivity index (χ4v) is 2.88. The molecule has 0 spiro atoms. The van der Waals surface area contributed by atoms with Crippen molar-refractivity contribution >= 4 is 33.5 Å². The third-order valence-corrected chi connectivity index (χ3v) is 4.71. The van der Waals surface area contributed by atoms with Gasteiger partial charge >= 0.3 is 5.97 Å². The Hall–Kier alpha value is -1.56. The van der Waals surface area contributed by atoms with E-state index in [4.69, 9.17) is 5.73 Å². The zero-order valence-electron chi connectivity index (χ0n) is 11.2. The molecule has 108 valence electrons. The van der Waals surface area contributed by atoms with Gasteiger partial charge in [0.05, 0.1) is 5.41 Å². The number of nitrogens with two attached hydrogens (primary N) is 1. The average Bonchev–Trinajstić information content (AvgIpc) is 2.87. The molecule has 0 radical (unpaired) electrons. The fraction of sp³-hybridized carbons (Fsp3) is 0.429. The van der Waals surface area contributed by atoms with E-state index in [0.717, 1.165) is 0 Å². The zero-order valence-corrected chi connectivity index (χ0v) is 12.8. The molecule has 1 unspecified atom stereocenters. The van der Waals surface area contributed by atoms with Crippen LogP contribution in [0.5, 0.6) is 0 Å². The number of carbonyl (C=O) groups is 2. The van der Waals surface area contributed by atoms with E-state index in [2.05, 4.69) is 15.9 Å². The fourth-order valence-electron chi connectivity index (χ4n) is 2.50. The first-order valence-electron chi connectivity index (χ1n) is 6.47. The summed E-state index contributed by atoms with van der Waals surface area (Å²) in [5.74, 6) is -0.976. The number of benzene rings is 1. The summed E-state index contributed by atoms with van der Waals surface area (Å²) in [6.45, 7) is 2.59. The molecule has 6 heteroatoms. The van der Waals surface area contributed by atoms with Crippen LogP contribution < -0.4 is 5.73 Å². The number of nitrogens with zero attached hydrogens (tertiary/aromatic N) is 1. The van der Waals surface area contributed by atoms with E-state index >= 15 is 0 Å². The Bertz CT molecular complexity index is 561. The Labute approximate surface area is 125 Å². The molecular formula is C14H17BrN2O3. The Balaban J connectivity index is 2.19. The number of hydrogen-bond donors (Lipinski definition) is 2. The summed E-state index contributed by atoms with van der Waals surface area (Å²) in [7, 11) is 0. The van der Waals surface area contributed by atoms with Crippen LogP contribution in [0, 0.1) is 5.41 Å². The van der Waals surface area contributed by atoms with Gasteiger partial charge in [-0.3, -0.25) is 9.59 Å². The molecular weight excluding hydrogens is 324 g/mol. The van der Waals surface area contributed by atoms with Gasteiger partial charge < -0.3 is 15.7 Å². The van der Waals surface area contributed by atoms with E-state index in [-0.39, 0.29) is 12.5 Å². The Kier molecular flexibility index (Phi) is 4.04. The minimum absolute atomic E-state index is 0.151. The van der Waals surface area contributed by atoms with Gasteiger partial charge in [-0.05, 0) is 47.0 Å². The highest BCUT2D eigenvalue weighted by Crippen LogP contribution is 2.35. The molecule has 1 aliphatic heterocycles. The van der Waals surface area contributed by atoms with Crippen molar-refractivity contribution in [3.05, 3.63) is 28.2 Å². The maximum atomic E-state index is 12.4. The molecule has 1 saturated heterocycles. The molecule has 0 aromatic heterocycles. The zero-order chi connectivity index (χ0) is 14.9. The summed E-state index contributed by atoms with van der Waals surface area (Å²) in [6.07, 6.45) is 1.03. The van der Waals surface area contributed by atoms with E-state index in [1.165, 1.54) is 0 Å². The van der Waals surface area contributed by atoms with Crippen LogP contribution in [0.25, 0.3) is 0 Å². The number of hydrogen-bond acceptors (Lipinski definition) is 3. The molecule has 0 aliphatic carbocycles. The van der Waals surface area contributed by atoms with Crippen LogP contribution in [0.4, 0.5) is 5.69 Å².